The minimum absolute atomic E-state index is 0.0600. The number of halogens is 1. The standard InChI is InChI=1S/C9H9ClN2O3S/c1-5(10)4-11-9(15)12-7-6(8(13)14)2-3-16-7/h2-3H,1,4H2,(H,13,14)(H2,11,12,15). The Labute approximate surface area is 101 Å². The van der Waals surface area contributed by atoms with E-state index in [9.17, 15) is 9.59 Å². The van der Waals surface area contributed by atoms with Crippen LogP contribution < -0.4 is 10.6 Å². The smallest absolute Gasteiger partial charge is 0.338 e. The van der Waals surface area contributed by atoms with E-state index in [1.165, 1.54) is 6.07 Å². The molecule has 0 aromatic carbocycles. The number of anilines is 1. The Bertz CT molecular complexity index is 430. The van der Waals surface area contributed by atoms with Crippen molar-refractivity contribution in [1.29, 1.82) is 0 Å². The normalized spacial score (nSPS) is 9.56. The fourth-order valence-electron chi connectivity index (χ4n) is 0.898. The van der Waals surface area contributed by atoms with E-state index >= 15 is 0 Å². The van der Waals surface area contributed by atoms with Gasteiger partial charge < -0.3 is 10.4 Å². The highest BCUT2D eigenvalue weighted by molar-refractivity contribution is 7.14. The molecule has 1 heterocycles. The fourth-order valence-corrected chi connectivity index (χ4v) is 1.74. The van der Waals surface area contributed by atoms with Gasteiger partial charge >= 0.3 is 12.0 Å². The second-order valence-electron chi connectivity index (χ2n) is 2.79. The van der Waals surface area contributed by atoms with Crippen LogP contribution in [0.2, 0.25) is 0 Å². The van der Waals surface area contributed by atoms with Crippen molar-refractivity contribution in [2.75, 3.05) is 11.9 Å². The van der Waals surface area contributed by atoms with E-state index in [4.69, 9.17) is 16.7 Å². The van der Waals surface area contributed by atoms with Gasteiger partial charge in [0.15, 0.2) is 0 Å². The number of thiophene rings is 1. The summed E-state index contributed by atoms with van der Waals surface area (Å²) in [4.78, 5) is 22.0. The summed E-state index contributed by atoms with van der Waals surface area (Å²) in [5.74, 6) is -1.08. The Morgan fingerprint density at radius 2 is 2.25 bits per heavy atom. The van der Waals surface area contributed by atoms with Gasteiger partial charge in [0, 0.05) is 5.03 Å². The molecular weight excluding hydrogens is 252 g/mol. The molecule has 86 valence electrons. The number of urea groups is 1. The second kappa shape index (κ2) is 5.53. The summed E-state index contributed by atoms with van der Waals surface area (Å²) in [5, 5.41) is 15.8. The SMILES string of the molecule is C=C(Cl)CNC(=O)Nc1sccc1C(=O)O. The lowest BCUT2D eigenvalue weighted by atomic mass is 10.3. The summed E-state index contributed by atoms with van der Waals surface area (Å²) in [6, 6.07) is 0.898. The van der Waals surface area contributed by atoms with Gasteiger partial charge in [0.25, 0.3) is 0 Å². The van der Waals surface area contributed by atoms with E-state index in [1.807, 2.05) is 0 Å². The molecule has 1 aromatic rings. The fraction of sp³-hybridized carbons (Fsp3) is 0.111. The predicted molar refractivity (Wildman–Crippen MR) is 63.3 cm³/mol. The van der Waals surface area contributed by atoms with Crippen LogP contribution in [0, 0.1) is 0 Å². The quantitative estimate of drug-likeness (QED) is 0.777. The van der Waals surface area contributed by atoms with Gasteiger partial charge in [-0.05, 0) is 11.4 Å². The highest BCUT2D eigenvalue weighted by atomic mass is 35.5. The van der Waals surface area contributed by atoms with Gasteiger partial charge in [0.1, 0.15) is 5.00 Å². The molecule has 0 unspecified atom stereocenters. The number of aromatic carboxylic acids is 1. The van der Waals surface area contributed by atoms with Crippen molar-refractivity contribution in [3.63, 3.8) is 0 Å². The molecule has 16 heavy (non-hydrogen) atoms. The molecular formula is C9H9ClN2O3S. The van der Waals surface area contributed by atoms with Crippen molar-refractivity contribution in [2.24, 2.45) is 0 Å². The van der Waals surface area contributed by atoms with Crippen molar-refractivity contribution in [3.05, 3.63) is 28.6 Å². The van der Waals surface area contributed by atoms with Gasteiger partial charge in [-0.1, -0.05) is 18.2 Å². The zero-order chi connectivity index (χ0) is 12.1. The van der Waals surface area contributed by atoms with Gasteiger partial charge in [-0.15, -0.1) is 11.3 Å². The highest BCUT2D eigenvalue weighted by Gasteiger charge is 2.13. The number of carboxylic acids is 1. The number of carboxylic acid groups (broad SMARTS) is 1. The third-order valence-corrected chi connectivity index (χ3v) is 2.53. The summed E-state index contributed by atoms with van der Waals surface area (Å²) < 4.78 is 0. The van der Waals surface area contributed by atoms with Crippen LogP contribution in [0.5, 0.6) is 0 Å². The summed E-state index contributed by atoms with van der Waals surface area (Å²) in [6.07, 6.45) is 0. The minimum Gasteiger partial charge on any atom is -0.478 e. The van der Waals surface area contributed by atoms with Crippen LogP contribution in [0.3, 0.4) is 0 Å². The Hall–Kier alpha value is -1.53. The summed E-state index contributed by atoms with van der Waals surface area (Å²) >= 11 is 6.59. The lowest BCUT2D eigenvalue weighted by Gasteiger charge is -2.05. The van der Waals surface area contributed by atoms with Crippen LogP contribution in [0.4, 0.5) is 9.80 Å². The van der Waals surface area contributed by atoms with Gasteiger partial charge in [-0.2, -0.15) is 0 Å². The molecule has 0 spiro atoms. The van der Waals surface area contributed by atoms with E-state index in [1.54, 1.807) is 5.38 Å². The van der Waals surface area contributed by atoms with E-state index in [0.29, 0.717) is 5.03 Å². The van der Waals surface area contributed by atoms with Gasteiger partial charge in [0.2, 0.25) is 0 Å². The van der Waals surface area contributed by atoms with Crippen LogP contribution in [0.1, 0.15) is 10.4 Å². The molecule has 0 aliphatic heterocycles. The number of rotatable bonds is 4. The number of nitrogens with one attached hydrogen (secondary N) is 2. The monoisotopic (exact) mass is 260 g/mol. The average Bonchev–Trinajstić information content (AvgIpc) is 2.62. The maximum Gasteiger partial charge on any atom is 0.338 e. The molecule has 0 aliphatic carbocycles. The Morgan fingerprint density at radius 3 is 2.81 bits per heavy atom. The van der Waals surface area contributed by atoms with E-state index in [-0.39, 0.29) is 17.1 Å². The maximum atomic E-state index is 11.3. The number of hydrogen-bond acceptors (Lipinski definition) is 3. The van der Waals surface area contributed by atoms with Gasteiger partial charge in [0.05, 0.1) is 12.1 Å². The van der Waals surface area contributed by atoms with Crippen LogP contribution in [0.25, 0.3) is 0 Å². The molecule has 0 aliphatic rings. The summed E-state index contributed by atoms with van der Waals surface area (Å²) in [6.45, 7) is 3.53. The van der Waals surface area contributed by atoms with Crippen molar-refractivity contribution in [2.45, 2.75) is 0 Å². The predicted octanol–water partition coefficient (Wildman–Crippen LogP) is 2.32. The largest absolute Gasteiger partial charge is 0.478 e. The van der Waals surface area contributed by atoms with E-state index in [0.717, 1.165) is 11.3 Å². The van der Waals surface area contributed by atoms with Crippen LogP contribution in [0.15, 0.2) is 23.1 Å². The number of carbonyl (C=O) groups is 2. The van der Waals surface area contributed by atoms with Crippen LogP contribution >= 0.6 is 22.9 Å². The third kappa shape index (κ3) is 3.56. The topological polar surface area (TPSA) is 78.4 Å². The first-order valence-electron chi connectivity index (χ1n) is 4.19. The highest BCUT2D eigenvalue weighted by Crippen LogP contribution is 2.22. The zero-order valence-corrected chi connectivity index (χ0v) is 9.69. The van der Waals surface area contributed by atoms with Crippen LogP contribution in [-0.4, -0.2) is 23.7 Å². The van der Waals surface area contributed by atoms with Crippen LogP contribution in [-0.2, 0) is 0 Å². The lowest BCUT2D eigenvalue weighted by Crippen LogP contribution is -2.29. The van der Waals surface area contributed by atoms with Crippen molar-refractivity contribution in [1.82, 2.24) is 5.32 Å². The molecule has 5 nitrogen and oxygen atoms in total. The first-order chi connectivity index (χ1) is 7.50. The molecule has 0 fully saturated rings. The van der Waals surface area contributed by atoms with E-state index in [2.05, 4.69) is 17.2 Å². The molecule has 0 atom stereocenters. The number of amides is 2. The molecule has 7 heteroatoms. The first kappa shape index (κ1) is 12.5. The summed E-state index contributed by atoms with van der Waals surface area (Å²) in [7, 11) is 0. The van der Waals surface area contributed by atoms with Gasteiger partial charge in [-0.25, -0.2) is 9.59 Å². The second-order valence-corrected chi connectivity index (χ2v) is 4.24. The molecule has 2 amide bonds. The van der Waals surface area contributed by atoms with Gasteiger partial charge in [-0.3, -0.25) is 5.32 Å². The average molecular weight is 261 g/mol. The Morgan fingerprint density at radius 1 is 1.56 bits per heavy atom. The Balaban J connectivity index is 2.59. The molecule has 3 N–H and O–H groups in total. The molecule has 0 bridgehead atoms. The third-order valence-electron chi connectivity index (χ3n) is 1.56. The maximum absolute atomic E-state index is 11.3. The molecule has 0 saturated carbocycles. The Kier molecular flexibility index (Phi) is 4.33. The number of hydrogen-bond donors (Lipinski definition) is 3. The minimum atomic E-state index is -1.08. The molecule has 1 aromatic heterocycles. The zero-order valence-electron chi connectivity index (χ0n) is 8.12. The molecule has 1 rings (SSSR count). The van der Waals surface area contributed by atoms with Crippen molar-refractivity contribution >= 4 is 39.9 Å². The van der Waals surface area contributed by atoms with Crippen molar-refractivity contribution < 1.29 is 14.7 Å². The molecule has 0 saturated heterocycles. The number of carbonyl (C=O) groups excluding carboxylic acids is 1. The summed E-state index contributed by atoms with van der Waals surface area (Å²) in [5.41, 5.74) is 0.0600. The van der Waals surface area contributed by atoms with Crippen molar-refractivity contribution in [3.8, 4) is 0 Å². The van der Waals surface area contributed by atoms with E-state index < -0.39 is 12.0 Å². The lowest BCUT2D eigenvalue weighted by molar-refractivity contribution is 0.0698. The first-order valence-corrected chi connectivity index (χ1v) is 5.45. The molecule has 0 radical (unpaired) electrons.